The highest BCUT2D eigenvalue weighted by molar-refractivity contribution is 6.22. The van der Waals surface area contributed by atoms with Crippen LogP contribution in [0.1, 0.15) is 79.2 Å². The fourth-order valence-corrected chi connectivity index (χ4v) is 2.42. The third-order valence-corrected chi connectivity index (χ3v) is 3.50. The number of nitrogens with one attached hydrogen (secondary N) is 2. The topological polar surface area (TPSA) is 92.3 Å². The van der Waals surface area contributed by atoms with Gasteiger partial charge in [-0.15, -0.1) is 0 Å². The van der Waals surface area contributed by atoms with Gasteiger partial charge in [-0.05, 0) is 24.0 Å². The van der Waals surface area contributed by atoms with E-state index in [1.165, 1.54) is 0 Å². The molecule has 4 amide bonds. The molecule has 0 spiro atoms. The molecule has 24 heavy (non-hydrogen) atoms. The second-order valence-electron chi connectivity index (χ2n) is 5.53. The van der Waals surface area contributed by atoms with Crippen LogP contribution >= 0.6 is 0 Å². The molecule has 130 valence electrons. The fourth-order valence-electron chi connectivity index (χ4n) is 2.42. The lowest BCUT2D eigenvalue weighted by molar-refractivity contribution is -0.132. The minimum Gasteiger partial charge on any atom is -0.296 e. The summed E-state index contributed by atoms with van der Waals surface area (Å²) >= 11 is 0. The molecule has 0 bridgehead atoms. The molecule has 1 fully saturated rings. The van der Waals surface area contributed by atoms with E-state index in [9.17, 15) is 19.2 Å². The lowest BCUT2D eigenvalue weighted by Crippen LogP contribution is -2.33. The number of carbonyl (C=O) groups excluding carboxylic acids is 4. The summed E-state index contributed by atoms with van der Waals surface area (Å²) in [6.07, 6.45) is 1.72. The van der Waals surface area contributed by atoms with Gasteiger partial charge >= 0.3 is 0 Å². The molecular weight excluding hydrogens is 308 g/mol. The Morgan fingerprint density at radius 2 is 1.46 bits per heavy atom. The molecule has 6 heteroatoms. The molecule has 0 aliphatic carbocycles. The van der Waals surface area contributed by atoms with Crippen molar-refractivity contribution >= 4 is 23.6 Å². The van der Waals surface area contributed by atoms with E-state index < -0.39 is 0 Å². The van der Waals surface area contributed by atoms with Crippen molar-refractivity contribution in [2.24, 2.45) is 0 Å². The normalized spacial score (nSPS) is 15.5. The van der Waals surface area contributed by atoms with Crippen LogP contribution in [0.15, 0.2) is 18.2 Å². The molecule has 3 rings (SSSR count). The van der Waals surface area contributed by atoms with E-state index in [2.05, 4.69) is 10.6 Å². The van der Waals surface area contributed by atoms with Crippen LogP contribution in [0, 0.1) is 0 Å². The van der Waals surface area contributed by atoms with E-state index in [1.807, 2.05) is 39.8 Å². The first-order valence-corrected chi connectivity index (χ1v) is 8.21. The van der Waals surface area contributed by atoms with Gasteiger partial charge in [0.1, 0.15) is 0 Å². The number of hydrogen-bond donors (Lipinski definition) is 2. The second-order valence-corrected chi connectivity index (χ2v) is 5.53. The molecular formula is C18H24N2O4. The molecule has 0 unspecified atom stereocenters. The average molecular weight is 332 g/mol. The highest BCUT2D eigenvalue weighted by Crippen LogP contribution is 2.25. The maximum absolute atomic E-state index is 11.5. The van der Waals surface area contributed by atoms with Crippen molar-refractivity contribution in [3.05, 3.63) is 34.9 Å². The van der Waals surface area contributed by atoms with Crippen molar-refractivity contribution in [1.82, 2.24) is 10.6 Å². The van der Waals surface area contributed by atoms with Gasteiger partial charge in [-0.25, -0.2) is 0 Å². The van der Waals surface area contributed by atoms with Crippen LogP contribution in [-0.2, 0) is 9.59 Å². The molecule has 1 aromatic carbocycles. The van der Waals surface area contributed by atoms with Crippen molar-refractivity contribution in [2.75, 3.05) is 0 Å². The predicted octanol–water partition coefficient (Wildman–Crippen LogP) is 2.53. The van der Waals surface area contributed by atoms with Crippen LogP contribution in [-0.4, -0.2) is 23.6 Å². The Hall–Kier alpha value is -2.50. The number of amides is 4. The van der Waals surface area contributed by atoms with Crippen molar-refractivity contribution in [3.8, 4) is 0 Å². The lowest BCUT2D eigenvalue weighted by atomic mass is 9.94. The van der Waals surface area contributed by atoms with Gasteiger partial charge < -0.3 is 0 Å². The molecule has 0 saturated carbocycles. The van der Waals surface area contributed by atoms with Crippen LogP contribution in [0.4, 0.5) is 0 Å². The number of rotatable bonds is 1. The SMILES string of the molecule is CC.CC(C)c1cccc2c1C(=O)NC2=O.O=C1CCCC(=O)N1. The Balaban J connectivity index is 0.000000245. The van der Waals surface area contributed by atoms with E-state index in [0.717, 1.165) is 5.56 Å². The standard InChI is InChI=1S/C11H11NO2.C5H7NO2.C2H6/c1-6(2)7-4-3-5-8-9(7)11(14)12-10(8)13;7-4-2-1-3-5(8)6-4;1-2/h3-6H,1-2H3,(H,12,13,14);1-3H2,(H,6,7,8);1-2H3. The third-order valence-electron chi connectivity index (χ3n) is 3.50. The van der Waals surface area contributed by atoms with Crippen molar-refractivity contribution < 1.29 is 19.2 Å². The first-order valence-electron chi connectivity index (χ1n) is 8.21. The number of piperidine rings is 1. The summed E-state index contributed by atoms with van der Waals surface area (Å²) in [4.78, 5) is 43.5. The van der Waals surface area contributed by atoms with Gasteiger partial charge in [0.25, 0.3) is 11.8 Å². The largest absolute Gasteiger partial charge is 0.296 e. The van der Waals surface area contributed by atoms with Crippen LogP contribution < -0.4 is 10.6 Å². The van der Waals surface area contributed by atoms with Crippen molar-refractivity contribution in [1.29, 1.82) is 0 Å². The third kappa shape index (κ3) is 4.75. The molecule has 0 aromatic heterocycles. The highest BCUT2D eigenvalue weighted by Gasteiger charge is 2.29. The molecule has 6 nitrogen and oxygen atoms in total. The van der Waals surface area contributed by atoms with Gasteiger partial charge in [0.15, 0.2) is 0 Å². The number of fused-ring (bicyclic) bond motifs is 1. The quantitative estimate of drug-likeness (QED) is 0.773. The van der Waals surface area contributed by atoms with E-state index in [0.29, 0.717) is 30.4 Å². The zero-order valence-corrected chi connectivity index (χ0v) is 14.6. The second kappa shape index (κ2) is 8.96. The first kappa shape index (κ1) is 19.5. The summed E-state index contributed by atoms with van der Waals surface area (Å²) in [6.45, 7) is 8.01. The molecule has 0 radical (unpaired) electrons. The monoisotopic (exact) mass is 332 g/mol. The number of carbonyl (C=O) groups is 4. The first-order chi connectivity index (χ1) is 11.4. The molecule has 2 N–H and O–H groups in total. The predicted molar refractivity (Wildman–Crippen MR) is 90.7 cm³/mol. The van der Waals surface area contributed by atoms with Crippen LogP contribution in [0.3, 0.4) is 0 Å². The van der Waals surface area contributed by atoms with Gasteiger partial charge in [0, 0.05) is 12.8 Å². The van der Waals surface area contributed by atoms with Gasteiger partial charge in [0.05, 0.1) is 11.1 Å². The maximum atomic E-state index is 11.5. The minimum absolute atomic E-state index is 0.138. The van der Waals surface area contributed by atoms with E-state index in [4.69, 9.17) is 0 Å². The van der Waals surface area contributed by atoms with E-state index >= 15 is 0 Å². The Morgan fingerprint density at radius 3 is 1.92 bits per heavy atom. The fraction of sp³-hybridized carbons (Fsp3) is 0.444. The number of benzene rings is 1. The smallest absolute Gasteiger partial charge is 0.259 e. The van der Waals surface area contributed by atoms with E-state index in [1.54, 1.807) is 6.07 Å². The lowest BCUT2D eigenvalue weighted by Gasteiger charge is -2.08. The molecule has 1 saturated heterocycles. The van der Waals surface area contributed by atoms with Crippen LogP contribution in [0.25, 0.3) is 0 Å². The van der Waals surface area contributed by atoms with E-state index in [-0.39, 0.29) is 29.5 Å². The number of hydrogen-bond acceptors (Lipinski definition) is 4. The van der Waals surface area contributed by atoms with Gasteiger partial charge in [-0.2, -0.15) is 0 Å². The molecule has 1 aromatic rings. The zero-order chi connectivity index (χ0) is 18.3. The van der Waals surface area contributed by atoms with Gasteiger partial charge in [0.2, 0.25) is 11.8 Å². The minimum atomic E-state index is -0.285. The summed E-state index contributed by atoms with van der Waals surface area (Å²) in [5.41, 5.74) is 1.99. The summed E-state index contributed by atoms with van der Waals surface area (Å²) in [6, 6.07) is 5.38. The summed E-state index contributed by atoms with van der Waals surface area (Å²) in [5.74, 6) is -0.578. The van der Waals surface area contributed by atoms with Gasteiger partial charge in [-0.3, -0.25) is 29.8 Å². The Kier molecular flexibility index (Phi) is 7.30. The zero-order valence-electron chi connectivity index (χ0n) is 14.6. The van der Waals surface area contributed by atoms with Crippen molar-refractivity contribution in [2.45, 2.75) is 52.9 Å². The molecule has 2 aliphatic rings. The Morgan fingerprint density at radius 1 is 0.875 bits per heavy atom. The van der Waals surface area contributed by atoms with Crippen LogP contribution in [0.5, 0.6) is 0 Å². The van der Waals surface area contributed by atoms with Crippen molar-refractivity contribution in [3.63, 3.8) is 0 Å². The molecule has 2 heterocycles. The summed E-state index contributed by atoms with van der Waals surface area (Å²) in [7, 11) is 0. The average Bonchev–Trinajstić information content (AvgIpc) is 2.84. The highest BCUT2D eigenvalue weighted by atomic mass is 16.2. The molecule has 2 aliphatic heterocycles. The maximum Gasteiger partial charge on any atom is 0.259 e. The van der Waals surface area contributed by atoms with Crippen LogP contribution in [0.2, 0.25) is 0 Å². The summed E-state index contributed by atoms with van der Waals surface area (Å²) < 4.78 is 0. The Bertz CT molecular complexity index is 636. The molecule has 0 atom stereocenters. The number of imide groups is 2. The summed E-state index contributed by atoms with van der Waals surface area (Å²) in [5, 5.41) is 4.50. The Labute approximate surface area is 142 Å². The van der Waals surface area contributed by atoms with Gasteiger partial charge in [-0.1, -0.05) is 39.8 Å².